The van der Waals surface area contributed by atoms with Crippen LogP contribution < -0.4 is 21.7 Å². The van der Waals surface area contributed by atoms with E-state index in [-0.39, 0.29) is 31.6 Å². The lowest BCUT2D eigenvalue weighted by atomic mass is 10.1. The van der Waals surface area contributed by atoms with Crippen LogP contribution in [0.5, 0.6) is 0 Å². The second kappa shape index (κ2) is 9.51. The molecule has 5 N–H and O–H groups in total. The number of amides is 3. The Balaban J connectivity index is 2.22. The fourth-order valence-corrected chi connectivity index (χ4v) is 1.84. The molecule has 1 aromatic carbocycles. The summed E-state index contributed by atoms with van der Waals surface area (Å²) in [7, 11) is 0. The van der Waals surface area contributed by atoms with Crippen LogP contribution in [0, 0.1) is 0 Å². The van der Waals surface area contributed by atoms with Crippen molar-refractivity contribution in [3.05, 3.63) is 35.9 Å². The van der Waals surface area contributed by atoms with E-state index in [0.717, 1.165) is 5.56 Å². The summed E-state index contributed by atoms with van der Waals surface area (Å²) >= 11 is 0. The van der Waals surface area contributed by atoms with Crippen molar-refractivity contribution in [1.29, 1.82) is 0 Å². The normalized spacial score (nSPS) is 11.4. The molecule has 0 heterocycles. The highest BCUT2D eigenvalue weighted by molar-refractivity contribution is 5.88. The monoisotopic (exact) mass is 306 g/mol. The zero-order chi connectivity index (χ0) is 16.4. The van der Waals surface area contributed by atoms with Crippen molar-refractivity contribution in [3.8, 4) is 0 Å². The van der Waals surface area contributed by atoms with Crippen LogP contribution in [-0.4, -0.2) is 43.4 Å². The molecule has 7 nitrogen and oxygen atoms in total. The first-order chi connectivity index (χ1) is 10.5. The lowest BCUT2D eigenvalue weighted by Crippen LogP contribution is -2.45. The van der Waals surface area contributed by atoms with E-state index in [1.807, 2.05) is 37.3 Å². The smallest absolute Gasteiger partial charge is 0.239 e. The van der Waals surface area contributed by atoms with Crippen LogP contribution in [0.15, 0.2) is 30.3 Å². The zero-order valence-electron chi connectivity index (χ0n) is 12.6. The summed E-state index contributed by atoms with van der Waals surface area (Å²) in [6, 6.07) is 9.77. The molecule has 0 radical (unpaired) electrons. The second-order valence-corrected chi connectivity index (χ2v) is 4.92. The van der Waals surface area contributed by atoms with E-state index in [1.54, 1.807) is 0 Å². The van der Waals surface area contributed by atoms with Gasteiger partial charge in [-0.05, 0) is 18.9 Å². The number of hydrogen-bond acceptors (Lipinski definition) is 4. The second-order valence-electron chi connectivity index (χ2n) is 4.92. The molecule has 22 heavy (non-hydrogen) atoms. The largest absolute Gasteiger partial charge is 0.352 e. The first-order valence-corrected chi connectivity index (χ1v) is 7.08. The third-order valence-electron chi connectivity index (χ3n) is 2.87. The van der Waals surface area contributed by atoms with Gasteiger partial charge in [-0.3, -0.25) is 14.4 Å². The number of carbonyl (C=O) groups is 3. The molecule has 0 saturated heterocycles. The van der Waals surface area contributed by atoms with Gasteiger partial charge in [-0.25, -0.2) is 0 Å². The number of hydrogen-bond donors (Lipinski definition) is 4. The van der Waals surface area contributed by atoms with Gasteiger partial charge in [0.1, 0.15) is 0 Å². The molecular weight excluding hydrogens is 284 g/mol. The van der Waals surface area contributed by atoms with Crippen molar-refractivity contribution < 1.29 is 14.4 Å². The van der Waals surface area contributed by atoms with Crippen LogP contribution in [0.1, 0.15) is 12.5 Å². The van der Waals surface area contributed by atoms with E-state index in [4.69, 9.17) is 5.73 Å². The lowest BCUT2D eigenvalue weighted by molar-refractivity contribution is -0.127. The Morgan fingerprint density at radius 2 is 1.59 bits per heavy atom. The fraction of sp³-hybridized carbons (Fsp3) is 0.400. The van der Waals surface area contributed by atoms with Gasteiger partial charge in [0.2, 0.25) is 17.7 Å². The third kappa shape index (κ3) is 7.39. The Bertz CT molecular complexity index is 505. The standard InChI is InChI=1S/C15H22N4O3/c1-11(7-12-5-3-2-4-6-12)19-15(22)10-18-14(21)9-17-13(20)8-16/h2-6,11H,7-10,16H2,1H3,(H,17,20)(H,18,21)(H,19,22). The summed E-state index contributed by atoms with van der Waals surface area (Å²) in [6.07, 6.45) is 0.715. The highest BCUT2D eigenvalue weighted by atomic mass is 16.2. The van der Waals surface area contributed by atoms with Crippen LogP contribution >= 0.6 is 0 Å². The minimum atomic E-state index is -0.437. The number of benzene rings is 1. The molecule has 0 fully saturated rings. The maximum atomic E-state index is 11.7. The number of rotatable bonds is 8. The Labute approximate surface area is 129 Å². The molecule has 0 aliphatic heterocycles. The minimum Gasteiger partial charge on any atom is -0.352 e. The molecule has 0 aliphatic rings. The van der Waals surface area contributed by atoms with Gasteiger partial charge in [0.15, 0.2) is 0 Å². The Kier molecular flexibility index (Phi) is 7.63. The van der Waals surface area contributed by atoms with Crippen molar-refractivity contribution in [2.45, 2.75) is 19.4 Å². The molecule has 0 saturated carbocycles. The maximum absolute atomic E-state index is 11.7. The maximum Gasteiger partial charge on any atom is 0.239 e. The van der Waals surface area contributed by atoms with E-state index in [2.05, 4.69) is 16.0 Å². The van der Waals surface area contributed by atoms with Crippen molar-refractivity contribution >= 4 is 17.7 Å². The highest BCUT2D eigenvalue weighted by Gasteiger charge is 2.10. The van der Waals surface area contributed by atoms with Gasteiger partial charge in [0.25, 0.3) is 0 Å². The van der Waals surface area contributed by atoms with Crippen molar-refractivity contribution in [2.24, 2.45) is 5.73 Å². The average molecular weight is 306 g/mol. The molecule has 120 valence electrons. The number of carbonyl (C=O) groups excluding carboxylic acids is 3. The molecule has 3 amide bonds. The Morgan fingerprint density at radius 3 is 2.23 bits per heavy atom. The summed E-state index contributed by atoms with van der Waals surface area (Å²) in [4.78, 5) is 34.0. The fourth-order valence-electron chi connectivity index (χ4n) is 1.84. The molecule has 0 spiro atoms. The zero-order valence-corrected chi connectivity index (χ0v) is 12.6. The van der Waals surface area contributed by atoms with Crippen LogP contribution in [0.4, 0.5) is 0 Å². The first kappa shape index (κ1) is 17.6. The minimum absolute atomic E-state index is 0.0382. The molecule has 7 heteroatoms. The Morgan fingerprint density at radius 1 is 1.00 bits per heavy atom. The summed E-state index contributed by atoms with van der Waals surface area (Å²) in [5.74, 6) is -1.13. The SMILES string of the molecule is CC(Cc1ccccc1)NC(=O)CNC(=O)CNC(=O)CN. The van der Waals surface area contributed by atoms with E-state index < -0.39 is 11.8 Å². The van der Waals surface area contributed by atoms with Gasteiger partial charge < -0.3 is 21.7 Å². The average Bonchev–Trinajstić information content (AvgIpc) is 2.51. The summed E-state index contributed by atoms with van der Waals surface area (Å²) in [5, 5.41) is 7.54. The molecular formula is C15H22N4O3. The number of nitrogens with two attached hydrogens (primary N) is 1. The molecule has 0 aliphatic carbocycles. The Hall–Kier alpha value is -2.41. The molecule has 0 bridgehead atoms. The predicted molar refractivity (Wildman–Crippen MR) is 82.8 cm³/mol. The molecule has 0 aromatic heterocycles. The van der Waals surface area contributed by atoms with Crippen LogP contribution in [0.2, 0.25) is 0 Å². The number of nitrogens with one attached hydrogen (secondary N) is 3. The van der Waals surface area contributed by atoms with E-state index in [9.17, 15) is 14.4 Å². The van der Waals surface area contributed by atoms with Gasteiger partial charge in [-0.2, -0.15) is 0 Å². The summed E-state index contributed by atoms with van der Waals surface area (Å²) in [6.45, 7) is 1.40. The predicted octanol–water partition coefficient (Wildman–Crippen LogP) is -1.08. The van der Waals surface area contributed by atoms with Crippen LogP contribution in [-0.2, 0) is 20.8 Å². The van der Waals surface area contributed by atoms with Gasteiger partial charge in [0.05, 0.1) is 19.6 Å². The topological polar surface area (TPSA) is 113 Å². The van der Waals surface area contributed by atoms with E-state index >= 15 is 0 Å². The summed E-state index contributed by atoms with van der Waals surface area (Å²) < 4.78 is 0. The van der Waals surface area contributed by atoms with Crippen molar-refractivity contribution in [3.63, 3.8) is 0 Å². The van der Waals surface area contributed by atoms with Gasteiger partial charge in [-0.1, -0.05) is 30.3 Å². The van der Waals surface area contributed by atoms with Gasteiger partial charge in [-0.15, -0.1) is 0 Å². The van der Waals surface area contributed by atoms with Crippen molar-refractivity contribution in [2.75, 3.05) is 19.6 Å². The van der Waals surface area contributed by atoms with E-state index in [1.165, 1.54) is 0 Å². The summed E-state index contributed by atoms with van der Waals surface area (Å²) in [5.41, 5.74) is 6.22. The van der Waals surface area contributed by atoms with Crippen LogP contribution in [0.25, 0.3) is 0 Å². The molecule has 1 aromatic rings. The highest BCUT2D eigenvalue weighted by Crippen LogP contribution is 2.02. The van der Waals surface area contributed by atoms with Crippen molar-refractivity contribution in [1.82, 2.24) is 16.0 Å². The molecule has 1 rings (SSSR count). The molecule has 1 atom stereocenters. The lowest BCUT2D eigenvalue weighted by Gasteiger charge is -2.14. The quantitative estimate of drug-likeness (QED) is 0.489. The van der Waals surface area contributed by atoms with Gasteiger partial charge >= 0.3 is 0 Å². The van der Waals surface area contributed by atoms with Crippen LogP contribution in [0.3, 0.4) is 0 Å². The first-order valence-electron chi connectivity index (χ1n) is 7.08. The van der Waals surface area contributed by atoms with E-state index in [0.29, 0.717) is 6.42 Å². The van der Waals surface area contributed by atoms with Gasteiger partial charge in [0, 0.05) is 6.04 Å². The third-order valence-corrected chi connectivity index (χ3v) is 2.87. The molecule has 1 unspecified atom stereocenters.